The van der Waals surface area contributed by atoms with Gasteiger partial charge in [0.2, 0.25) is 10.0 Å². The molecule has 7 nitrogen and oxygen atoms in total. The highest BCUT2D eigenvalue weighted by molar-refractivity contribution is 7.89. The van der Waals surface area contributed by atoms with E-state index in [1.165, 1.54) is 16.6 Å². The Bertz CT molecular complexity index is 941. The van der Waals surface area contributed by atoms with Gasteiger partial charge in [0, 0.05) is 31.0 Å². The molecule has 0 aliphatic carbocycles. The number of nitrogens with zero attached hydrogens (tertiary/aromatic N) is 2. The van der Waals surface area contributed by atoms with Crippen LogP contribution in [-0.4, -0.2) is 42.9 Å². The Kier molecular flexibility index (Phi) is 6.77. The van der Waals surface area contributed by atoms with E-state index in [-0.39, 0.29) is 33.7 Å². The van der Waals surface area contributed by atoms with Crippen LogP contribution in [0.5, 0.6) is 0 Å². The van der Waals surface area contributed by atoms with Crippen molar-refractivity contribution < 1.29 is 13.2 Å². The number of hydrogen-bond donors (Lipinski definition) is 2. The van der Waals surface area contributed by atoms with E-state index in [4.69, 9.17) is 23.2 Å². The number of carbonyl (C=O) groups is 1. The molecule has 1 saturated heterocycles. The number of aromatic nitrogens is 1. The van der Waals surface area contributed by atoms with E-state index in [0.717, 1.165) is 12.8 Å². The molecule has 1 aliphatic heterocycles. The van der Waals surface area contributed by atoms with Crippen LogP contribution in [0.4, 0.5) is 10.5 Å². The maximum atomic E-state index is 13.1. The summed E-state index contributed by atoms with van der Waals surface area (Å²) < 4.78 is 27.5. The molecule has 3 rings (SSSR count). The average molecular weight is 443 g/mol. The average Bonchev–Trinajstić information content (AvgIpc) is 2.69. The Hall–Kier alpha value is -1.87. The van der Waals surface area contributed by atoms with E-state index >= 15 is 0 Å². The van der Waals surface area contributed by atoms with Gasteiger partial charge >= 0.3 is 6.03 Å². The summed E-state index contributed by atoms with van der Waals surface area (Å²) in [7, 11) is -3.80. The lowest BCUT2D eigenvalue weighted by molar-refractivity contribution is 0.231. The van der Waals surface area contributed by atoms with Crippen LogP contribution in [-0.2, 0) is 10.0 Å². The molecule has 1 aliphatic rings. The van der Waals surface area contributed by atoms with Crippen LogP contribution in [0.15, 0.2) is 47.5 Å². The lowest BCUT2D eigenvalue weighted by atomic mass is 10.1. The van der Waals surface area contributed by atoms with E-state index in [0.29, 0.717) is 18.7 Å². The minimum atomic E-state index is -3.80. The second kappa shape index (κ2) is 9.09. The van der Waals surface area contributed by atoms with Gasteiger partial charge in [0.05, 0.1) is 5.02 Å². The quantitative estimate of drug-likeness (QED) is 0.689. The van der Waals surface area contributed by atoms with E-state index in [9.17, 15) is 13.2 Å². The third-order valence-electron chi connectivity index (χ3n) is 4.48. The zero-order chi connectivity index (χ0) is 20.1. The number of nitrogens with one attached hydrogen (secondary N) is 2. The highest BCUT2D eigenvalue weighted by atomic mass is 35.5. The topological polar surface area (TPSA) is 91.4 Å². The Morgan fingerprint density at radius 3 is 2.68 bits per heavy atom. The Balaban J connectivity index is 1.69. The van der Waals surface area contributed by atoms with Crippen molar-refractivity contribution in [2.24, 2.45) is 0 Å². The smallest absolute Gasteiger partial charge is 0.319 e. The molecule has 2 aromatic rings. The van der Waals surface area contributed by atoms with Crippen molar-refractivity contribution in [1.82, 2.24) is 14.6 Å². The summed E-state index contributed by atoms with van der Waals surface area (Å²) in [5, 5.41) is 5.61. The number of piperidine rings is 1. The van der Waals surface area contributed by atoms with Crippen LogP contribution in [0, 0.1) is 0 Å². The van der Waals surface area contributed by atoms with Crippen LogP contribution >= 0.6 is 23.2 Å². The molecular weight excluding hydrogens is 423 g/mol. The zero-order valence-electron chi connectivity index (χ0n) is 14.9. The molecule has 0 spiro atoms. The summed E-state index contributed by atoms with van der Waals surface area (Å²) in [5.41, 5.74) is 0.662. The number of urea groups is 1. The number of hydrogen-bond acceptors (Lipinski definition) is 4. The molecule has 10 heteroatoms. The van der Waals surface area contributed by atoms with E-state index in [1.807, 2.05) is 18.2 Å². The van der Waals surface area contributed by atoms with Gasteiger partial charge in [-0.1, -0.05) is 47.8 Å². The molecule has 0 radical (unpaired) electrons. The van der Waals surface area contributed by atoms with Gasteiger partial charge in [-0.15, -0.1) is 0 Å². The third-order valence-corrected chi connectivity index (χ3v) is 7.08. The molecule has 0 saturated carbocycles. The van der Waals surface area contributed by atoms with Crippen LogP contribution in [0.2, 0.25) is 10.2 Å². The van der Waals surface area contributed by atoms with E-state index < -0.39 is 10.0 Å². The second-order valence-corrected chi connectivity index (χ2v) is 9.07. The molecule has 1 aromatic heterocycles. The second-order valence-electron chi connectivity index (χ2n) is 6.41. The van der Waals surface area contributed by atoms with E-state index in [2.05, 4.69) is 15.6 Å². The number of sulfonamides is 1. The number of benzene rings is 1. The Labute approximate surface area is 174 Å². The Morgan fingerprint density at radius 1 is 1.21 bits per heavy atom. The molecule has 2 N–H and O–H groups in total. The largest absolute Gasteiger partial charge is 0.336 e. The van der Waals surface area contributed by atoms with Crippen LogP contribution in [0.1, 0.15) is 19.3 Å². The van der Waals surface area contributed by atoms with Gasteiger partial charge in [-0.3, -0.25) is 0 Å². The highest BCUT2D eigenvalue weighted by Crippen LogP contribution is 2.28. The number of carbonyl (C=O) groups excluding carboxylic acids is 1. The summed E-state index contributed by atoms with van der Waals surface area (Å²) in [6, 6.07) is 9.59. The van der Waals surface area contributed by atoms with Gasteiger partial charge in [-0.2, -0.15) is 4.31 Å². The monoisotopic (exact) mass is 442 g/mol. The zero-order valence-corrected chi connectivity index (χ0v) is 17.3. The van der Waals surface area contributed by atoms with Crippen LogP contribution < -0.4 is 10.6 Å². The van der Waals surface area contributed by atoms with Crippen molar-refractivity contribution in [1.29, 1.82) is 0 Å². The van der Waals surface area contributed by atoms with Gasteiger partial charge in [0.25, 0.3) is 0 Å². The number of anilines is 1. The predicted molar refractivity (Wildman–Crippen MR) is 109 cm³/mol. The molecular formula is C18H20Cl2N4O3S. The van der Waals surface area contributed by atoms with Crippen molar-refractivity contribution in [2.45, 2.75) is 30.2 Å². The normalized spacial score (nSPS) is 17.9. The predicted octanol–water partition coefficient (Wildman–Crippen LogP) is 3.75. The first-order valence-corrected chi connectivity index (χ1v) is 11.0. The van der Waals surface area contributed by atoms with Crippen molar-refractivity contribution in [3.8, 4) is 0 Å². The van der Waals surface area contributed by atoms with Gasteiger partial charge in [-0.25, -0.2) is 18.2 Å². The number of halogens is 2. The van der Waals surface area contributed by atoms with Gasteiger partial charge < -0.3 is 10.6 Å². The standard InChI is InChI=1S/C18H20Cl2N4O3S/c19-16-10-15(12-21-17(16)20)28(26,27)24-9-5-4-8-14(24)11-22-18(25)23-13-6-2-1-3-7-13/h1-3,6-7,10,12,14H,4-5,8-9,11H2,(H2,22,23,25). The fraction of sp³-hybridized carbons (Fsp3) is 0.333. The molecule has 0 bridgehead atoms. The molecule has 2 amide bonds. The van der Waals surface area contributed by atoms with Crippen molar-refractivity contribution in [3.63, 3.8) is 0 Å². The SMILES string of the molecule is O=C(NCC1CCCCN1S(=O)(=O)c1cnc(Cl)c(Cl)c1)Nc1ccccc1. The first kappa shape index (κ1) is 20.9. The van der Waals surface area contributed by atoms with Gasteiger partial charge in [0.1, 0.15) is 10.0 Å². The summed E-state index contributed by atoms with van der Waals surface area (Å²) in [4.78, 5) is 16.0. The maximum Gasteiger partial charge on any atom is 0.319 e. The maximum absolute atomic E-state index is 13.1. The summed E-state index contributed by atoms with van der Waals surface area (Å²) >= 11 is 11.7. The molecule has 2 heterocycles. The van der Waals surface area contributed by atoms with Crippen molar-refractivity contribution >= 4 is 44.9 Å². The molecule has 1 fully saturated rings. The first-order chi connectivity index (χ1) is 13.4. The summed E-state index contributed by atoms with van der Waals surface area (Å²) in [5.74, 6) is 0. The Morgan fingerprint density at radius 2 is 1.96 bits per heavy atom. The summed E-state index contributed by atoms with van der Waals surface area (Å²) in [6.07, 6.45) is 3.49. The number of para-hydroxylation sites is 1. The minimum Gasteiger partial charge on any atom is -0.336 e. The van der Waals surface area contributed by atoms with Crippen molar-refractivity contribution in [2.75, 3.05) is 18.4 Å². The third kappa shape index (κ3) is 4.94. The lowest BCUT2D eigenvalue weighted by Crippen LogP contribution is -2.49. The number of pyridine rings is 1. The molecule has 28 heavy (non-hydrogen) atoms. The molecule has 1 aromatic carbocycles. The number of rotatable bonds is 5. The fourth-order valence-electron chi connectivity index (χ4n) is 3.08. The van der Waals surface area contributed by atoms with Gasteiger partial charge in [0.15, 0.2) is 0 Å². The number of amides is 2. The molecule has 1 atom stereocenters. The summed E-state index contributed by atoms with van der Waals surface area (Å²) in [6.45, 7) is 0.571. The van der Waals surface area contributed by atoms with E-state index in [1.54, 1.807) is 12.1 Å². The lowest BCUT2D eigenvalue weighted by Gasteiger charge is -2.34. The van der Waals surface area contributed by atoms with Crippen LogP contribution in [0.3, 0.4) is 0 Å². The van der Waals surface area contributed by atoms with Gasteiger partial charge in [-0.05, 0) is 31.0 Å². The molecule has 1 unspecified atom stereocenters. The highest BCUT2D eigenvalue weighted by Gasteiger charge is 2.34. The molecule has 150 valence electrons. The minimum absolute atomic E-state index is 0.0115. The van der Waals surface area contributed by atoms with Crippen molar-refractivity contribution in [3.05, 3.63) is 52.8 Å². The first-order valence-electron chi connectivity index (χ1n) is 8.81. The van der Waals surface area contributed by atoms with Crippen LogP contribution in [0.25, 0.3) is 0 Å². The fourth-order valence-corrected chi connectivity index (χ4v) is 5.08.